The van der Waals surface area contributed by atoms with Crippen LogP contribution in [0.4, 0.5) is 34.6 Å². The van der Waals surface area contributed by atoms with Gasteiger partial charge in [0.2, 0.25) is 23.3 Å². The van der Waals surface area contributed by atoms with Crippen molar-refractivity contribution in [3.05, 3.63) is 187 Å². The molecule has 0 unspecified atom stereocenters. The van der Waals surface area contributed by atoms with Crippen LogP contribution in [0.1, 0.15) is 11.1 Å². The van der Waals surface area contributed by atoms with E-state index >= 15 is 0 Å². The molecule has 0 saturated heterocycles. The largest absolute Gasteiger partial charge is 0.436 e. The maximum absolute atomic E-state index is 10.7. The Balaban J connectivity index is 1.02. The first kappa shape index (κ1) is 35.2. The number of para-hydroxylation sites is 5. The molecule has 12 rings (SSSR count). The number of nitrogens with zero attached hydrogens (tertiary/aromatic N) is 8. The molecule has 0 radical (unpaired) electrons. The summed E-state index contributed by atoms with van der Waals surface area (Å²) in [4.78, 5) is 23.9. The van der Waals surface area contributed by atoms with Crippen molar-refractivity contribution in [2.24, 2.45) is 0 Å². The highest BCUT2D eigenvalue weighted by molar-refractivity contribution is 6.20. The molecule has 0 N–H and O–H groups in total. The number of hydrogen-bond acceptors (Lipinski definition) is 9. The molecule has 0 aliphatic carbocycles. The van der Waals surface area contributed by atoms with Crippen LogP contribution in [0.3, 0.4) is 0 Å². The highest BCUT2D eigenvalue weighted by Crippen LogP contribution is 2.44. The summed E-state index contributed by atoms with van der Waals surface area (Å²) < 4.78 is 15.4. The number of benzene rings is 7. The summed E-state index contributed by atoms with van der Waals surface area (Å²) in [6, 6.07) is 57.6. The van der Waals surface area contributed by atoms with E-state index in [-0.39, 0.29) is 5.56 Å². The van der Waals surface area contributed by atoms with Crippen molar-refractivity contribution >= 4 is 101 Å². The van der Waals surface area contributed by atoms with Crippen LogP contribution in [0.5, 0.6) is 0 Å². The molecule has 292 valence electrons. The van der Waals surface area contributed by atoms with Gasteiger partial charge in [0.15, 0.2) is 11.2 Å². The van der Waals surface area contributed by atoms with Gasteiger partial charge in [-0.3, -0.25) is 9.80 Å². The van der Waals surface area contributed by atoms with Crippen LogP contribution in [0, 0.1) is 18.3 Å². The molecule has 7 aromatic carbocycles. The Morgan fingerprint density at radius 2 is 0.968 bits per heavy atom. The van der Waals surface area contributed by atoms with Crippen molar-refractivity contribution in [2.75, 3.05) is 9.80 Å². The summed E-state index contributed by atoms with van der Waals surface area (Å²) in [5.41, 5.74) is 9.34. The highest BCUT2D eigenvalue weighted by atomic mass is 16.4. The SMILES string of the molecule is Cc1c2c(oc3nc(N(c4ccccc4)c4ccccc4)ncc32)c(C#N)c2oc3nc(N(c4ccccc4)c4ccc5c6ccccc6n(-c6ccccc6)c5c4)ncc3c12. The fourth-order valence-electron chi connectivity index (χ4n) is 8.84. The monoisotopic (exact) mass is 800 g/mol. The Morgan fingerprint density at radius 1 is 0.500 bits per heavy atom. The van der Waals surface area contributed by atoms with Crippen LogP contribution in [0.2, 0.25) is 0 Å². The third-order valence-corrected chi connectivity index (χ3v) is 11.6. The number of aryl methyl sites for hydroxylation is 1. The number of aromatic nitrogens is 5. The highest BCUT2D eigenvalue weighted by Gasteiger charge is 2.27. The van der Waals surface area contributed by atoms with Gasteiger partial charge in [-0.2, -0.15) is 15.2 Å². The van der Waals surface area contributed by atoms with E-state index in [1.54, 1.807) is 12.4 Å². The Bertz CT molecular complexity index is 3690. The third kappa shape index (κ3) is 5.35. The zero-order valence-electron chi connectivity index (χ0n) is 33.1. The van der Waals surface area contributed by atoms with Crippen molar-refractivity contribution in [3.63, 3.8) is 0 Å². The molecule has 0 aliphatic rings. The van der Waals surface area contributed by atoms with Gasteiger partial charge in [-0.25, -0.2) is 9.97 Å². The molecule has 0 amide bonds. The van der Waals surface area contributed by atoms with Crippen LogP contribution in [-0.4, -0.2) is 24.5 Å². The minimum Gasteiger partial charge on any atom is -0.436 e. The summed E-state index contributed by atoms with van der Waals surface area (Å²) in [6.45, 7) is 2.00. The molecule has 10 nitrogen and oxygen atoms in total. The van der Waals surface area contributed by atoms with E-state index in [0.717, 1.165) is 61.2 Å². The second-order valence-corrected chi connectivity index (χ2v) is 15.1. The van der Waals surface area contributed by atoms with Crippen molar-refractivity contribution in [2.45, 2.75) is 6.92 Å². The molecule has 0 fully saturated rings. The second-order valence-electron chi connectivity index (χ2n) is 15.1. The number of hydrogen-bond donors (Lipinski definition) is 0. The Labute approximate surface area is 353 Å². The predicted octanol–water partition coefficient (Wildman–Crippen LogP) is 13.3. The van der Waals surface area contributed by atoms with Gasteiger partial charge in [-0.05, 0) is 79.2 Å². The lowest BCUT2D eigenvalue weighted by Gasteiger charge is -2.23. The lowest BCUT2D eigenvalue weighted by molar-refractivity contribution is 0.639. The van der Waals surface area contributed by atoms with Crippen LogP contribution in [0.15, 0.2) is 185 Å². The topological polar surface area (TPSA) is 113 Å². The van der Waals surface area contributed by atoms with Gasteiger partial charge < -0.3 is 13.4 Å². The predicted molar refractivity (Wildman–Crippen MR) is 245 cm³/mol. The minimum atomic E-state index is 0.252. The lowest BCUT2D eigenvalue weighted by Crippen LogP contribution is -2.13. The van der Waals surface area contributed by atoms with Crippen LogP contribution in [-0.2, 0) is 0 Å². The molecule has 10 heteroatoms. The maximum Gasteiger partial charge on any atom is 0.237 e. The lowest BCUT2D eigenvalue weighted by atomic mass is 10.00. The van der Waals surface area contributed by atoms with E-state index in [1.165, 1.54) is 5.39 Å². The average Bonchev–Trinajstić information content (AvgIpc) is 4.00. The van der Waals surface area contributed by atoms with E-state index < -0.39 is 0 Å². The van der Waals surface area contributed by atoms with Gasteiger partial charge in [0.1, 0.15) is 11.6 Å². The maximum atomic E-state index is 10.7. The quantitative estimate of drug-likeness (QED) is 0.155. The summed E-state index contributed by atoms with van der Waals surface area (Å²) in [7, 11) is 0. The Morgan fingerprint density at radius 3 is 1.50 bits per heavy atom. The molecular weight excluding hydrogens is 769 g/mol. The van der Waals surface area contributed by atoms with Gasteiger partial charge in [0.25, 0.3) is 0 Å². The molecule has 12 aromatic rings. The first-order valence-electron chi connectivity index (χ1n) is 20.2. The van der Waals surface area contributed by atoms with Crippen LogP contribution >= 0.6 is 0 Å². The molecule has 5 aromatic heterocycles. The summed E-state index contributed by atoms with van der Waals surface area (Å²) in [6.07, 6.45) is 3.55. The molecule has 0 spiro atoms. The summed E-state index contributed by atoms with van der Waals surface area (Å²) >= 11 is 0. The molecule has 0 saturated carbocycles. The van der Waals surface area contributed by atoms with E-state index in [1.807, 2.05) is 114 Å². The van der Waals surface area contributed by atoms with Gasteiger partial charge in [-0.15, -0.1) is 0 Å². The molecule has 5 heterocycles. The Kier molecular flexibility index (Phi) is 7.88. The smallest absolute Gasteiger partial charge is 0.237 e. The number of nitriles is 1. The standard InChI is InChI=1S/C52H32N8O2/c1-32-45-41-30-54-51(58(33-16-6-2-7-17-33)34-18-8-3-9-19-34)56-49(41)61-47(45)40(29-53)48-46(32)42-31-55-52(57-50(42)62-48)59(35-20-10-4-11-21-35)37-26-27-39-38-24-14-15-25-43(38)60(44(39)28-37)36-22-12-5-13-23-36/h2-28,30-31H,1H3. The fraction of sp³-hybridized carbons (Fsp3) is 0.0192. The molecule has 0 atom stereocenters. The molecular formula is C52H32N8O2. The second kappa shape index (κ2) is 13.9. The number of fused-ring (bicyclic) bond motifs is 9. The molecule has 0 aliphatic heterocycles. The minimum absolute atomic E-state index is 0.252. The zero-order chi connectivity index (χ0) is 41.3. The zero-order valence-corrected chi connectivity index (χ0v) is 33.1. The number of furan rings is 2. The van der Waals surface area contributed by atoms with Crippen LogP contribution < -0.4 is 9.80 Å². The van der Waals surface area contributed by atoms with Gasteiger partial charge in [0.05, 0.1) is 27.5 Å². The normalized spacial score (nSPS) is 11.6. The van der Waals surface area contributed by atoms with Gasteiger partial charge >= 0.3 is 0 Å². The summed E-state index contributed by atoms with van der Waals surface area (Å²) in [5, 5.41) is 15.9. The molecule has 0 bridgehead atoms. The third-order valence-electron chi connectivity index (χ3n) is 11.6. The van der Waals surface area contributed by atoms with Gasteiger partial charge in [0, 0.05) is 56.7 Å². The Hall–Kier alpha value is -8.81. The first-order chi connectivity index (χ1) is 30.6. The first-order valence-corrected chi connectivity index (χ1v) is 20.2. The van der Waals surface area contributed by atoms with E-state index in [0.29, 0.717) is 45.3 Å². The van der Waals surface area contributed by atoms with Crippen LogP contribution in [0.25, 0.3) is 71.6 Å². The van der Waals surface area contributed by atoms with Crippen molar-refractivity contribution in [1.29, 1.82) is 5.26 Å². The van der Waals surface area contributed by atoms with Gasteiger partial charge in [-0.1, -0.05) is 97.1 Å². The molecule has 62 heavy (non-hydrogen) atoms. The number of anilines is 6. The van der Waals surface area contributed by atoms with E-state index in [4.69, 9.17) is 28.8 Å². The van der Waals surface area contributed by atoms with E-state index in [2.05, 4.69) is 77.4 Å². The fourth-order valence-corrected chi connectivity index (χ4v) is 8.84. The average molecular weight is 801 g/mol. The number of rotatable bonds is 7. The summed E-state index contributed by atoms with van der Waals surface area (Å²) in [5.74, 6) is 0.848. The van der Waals surface area contributed by atoms with Crippen molar-refractivity contribution < 1.29 is 8.83 Å². The van der Waals surface area contributed by atoms with Crippen molar-refractivity contribution in [1.82, 2.24) is 24.5 Å². The van der Waals surface area contributed by atoms with Crippen molar-refractivity contribution in [3.8, 4) is 11.8 Å². The van der Waals surface area contributed by atoms with E-state index in [9.17, 15) is 5.26 Å².